The van der Waals surface area contributed by atoms with Crippen LogP contribution in [0.25, 0.3) is 0 Å². The first-order chi connectivity index (χ1) is 8.99. The molecule has 1 saturated heterocycles. The molecule has 100 valence electrons. The molecule has 0 aromatic carbocycles. The van der Waals surface area contributed by atoms with E-state index in [4.69, 9.17) is 0 Å². The predicted octanol–water partition coefficient (Wildman–Crippen LogP) is -0.0559. The Hall–Kier alpha value is -2.58. The average molecular weight is 265 g/mol. The fourth-order valence-electron chi connectivity index (χ4n) is 1.70. The zero-order valence-corrected chi connectivity index (χ0v) is 10.1. The van der Waals surface area contributed by atoms with Gasteiger partial charge in [0, 0.05) is 13.5 Å². The molecule has 2 rings (SSSR count). The van der Waals surface area contributed by atoms with E-state index in [1.807, 2.05) is 0 Å². The monoisotopic (exact) mass is 265 g/mol. The van der Waals surface area contributed by atoms with Crippen molar-refractivity contribution < 1.29 is 14.5 Å². The molecular formula is C10H11N5O4. The van der Waals surface area contributed by atoms with Gasteiger partial charge in [0.05, 0.1) is 4.92 Å². The molecule has 0 bridgehead atoms. The van der Waals surface area contributed by atoms with Crippen LogP contribution in [-0.2, 0) is 9.59 Å². The number of carbonyl (C=O) groups excluding carboxylic acids is 2. The molecule has 1 aromatic heterocycles. The van der Waals surface area contributed by atoms with Crippen molar-refractivity contribution in [1.82, 2.24) is 14.9 Å². The summed E-state index contributed by atoms with van der Waals surface area (Å²) in [6.07, 6.45) is 2.71. The standard InChI is InChI=1S/C10H11N5O4/c1-14-8(16)3-2-7(9(14)17)13-10-11-4-6(5-12-10)15(18)19/h4-5,7H,2-3H2,1H3,(H,11,12,13). The molecular weight excluding hydrogens is 254 g/mol. The summed E-state index contributed by atoms with van der Waals surface area (Å²) in [5, 5.41) is 13.2. The lowest BCUT2D eigenvalue weighted by Crippen LogP contribution is -2.48. The summed E-state index contributed by atoms with van der Waals surface area (Å²) in [5.74, 6) is -0.474. The van der Waals surface area contributed by atoms with Crippen LogP contribution < -0.4 is 5.32 Å². The first-order valence-electron chi connectivity index (χ1n) is 5.52. The highest BCUT2D eigenvalue weighted by atomic mass is 16.6. The number of rotatable bonds is 3. The Morgan fingerprint density at radius 1 is 1.42 bits per heavy atom. The number of hydrogen-bond donors (Lipinski definition) is 1. The molecule has 9 nitrogen and oxygen atoms in total. The minimum absolute atomic E-state index is 0.117. The first-order valence-corrected chi connectivity index (χ1v) is 5.52. The van der Waals surface area contributed by atoms with Crippen molar-refractivity contribution in [2.45, 2.75) is 18.9 Å². The normalized spacial score (nSPS) is 19.4. The van der Waals surface area contributed by atoms with Gasteiger partial charge in [-0.3, -0.25) is 24.6 Å². The lowest BCUT2D eigenvalue weighted by atomic mass is 10.1. The number of imide groups is 1. The molecule has 0 aliphatic carbocycles. The highest BCUT2D eigenvalue weighted by molar-refractivity contribution is 6.01. The molecule has 0 radical (unpaired) electrons. The van der Waals surface area contributed by atoms with Gasteiger partial charge in [0.15, 0.2) is 0 Å². The Bertz CT molecular complexity index is 529. The highest BCUT2D eigenvalue weighted by Gasteiger charge is 2.32. The second-order valence-electron chi connectivity index (χ2n) is 4.05. The van der Waals surface area contributed by atoms with Crippen molar-refractivity contribution in [1.29, 1.82) is 0 Å². The molecule has 1 aliphatic rings. The molecule has 0 spiro atoms. The second kappa shape index (κ2) is 4.96. The number of likely N-dealkylation sites (N-methyl/N-ethyl adjacent to an activating group) is 1. The van der Waals surface area contributed by atoms with Crippen LogP contribution in [0.15, 0.2) is 12.4 Å². The fraction of sp³-hybridized carbons (Fsp3) is 0.400. The van der Waals surface area contributed by atoms with Gasteiger partial charge in [0.1, 0.15) is 18.4 Å². The van der Waals surface area contributed by atoms with Gasteiger partial charge in [-0.1, -0.05) is 0 Å². The third-order valence-electron chi connectivity index (χ3n) is 2.80. The second-order valence-corrected chi connectivity index (χ2v) is 4.05. The number of likely N-dealkylation sites (tertiary alicyclic amines) is 1. The topological polar surface area (TPSA) is 118 Å². The SMILES string of the molecule is CN1C(=O)CCC(Nc2ncc([N+](=O)[O-])cn2)C1=O. The summed E-state index contributed by atoms with van der Waals surface area (Å²) in [7, 11) is 1.41. The van der Waals surface area contributed by atoms with Crippen molar-refractivity contribution in [2.24, 2.45) is 0 Å². The summed E-state index contributed by atoms with van der Waals surface area (Å²) in [6, 6.07) is -0.593. The number of anilines is 1. The van der Waals surface area contributed by atoms with E-state index >= 15 is 0 Å². The quantitative estimate of drug-likeness (QED) is 0.462. The van der Waals surface area contributed by atoms with E-state index in [1.54, 1.807) is 0 Å². The minimum Gasteiger partial charge on any atom is -0.342 e. The summed E-state index contributed by atoms with van der Waals surface area (Å²) in [5.41, 5.74) is -0.229. The van der Waals surface area contributed by atoms with Crippen LogP contribution in [0, 0.1) is 10.1 Å². The van der Waals surface area contributed by atoms with Crippen LogP contribution in [0.2, 0.25) is 0 Å². The number of hydrogen-bond acceptors (Lipinski definition) is 7. The Labute approximate surface area is 107 Å². The third-order valence-corrected chi connectivity index (χ3v) is 2.80. The Morgan fingerprint density at radius 2 is 2.05 bits per heavy atom. The average Bonchev–Trinajstić information content (AvgIpc) is 2.40. The van der Waals surface area contributed by atoms with Crippen LogP contribution in [0.5, 0.6) is 0 Å². The van der Waals surface area contributed by atoms with Crippen LogP contribution >= 0.6 is 0 Å². The summed E-state index contributed by atoms with van der Waals surface area (Å²) < 4.78 is 0. The van der Waals surface area contributed by atoms with Gasteiger partial charge in [-0.25, -0.2) is 9.97 Å². The summed E-state index contributed by atoms with van der Waals surface area (Å²) in [4.78, 5) is 41.5. The van der Waals surface area contributed by atoms with Gasteiger partial charge < -0.3 is 5.32 Å². The van der Waals surface area contributed by atoms with Crippen molar-refractivity contribution in [2.75, 3.05) is 12.4 Å². The van der Waals surface area contributed by atoms with E-state index < -0.39 is 11.0 Å². The van der Waals surface area contributed by atoms with E-state index in [1.165, 1.54) is 7.05 Å². The van der Waals surface area contributed by atoms with Crippen molar-refractivity contribution in [3.63, 3.8) is 0 Å². The van der Waals surface area contributed by atoms with Crippen LogP contribution in [-0.4, -0.2) is 44.7 Å². The van der Waals surface area contributed by atoms with Gasteiger partial charge >= 0.3 is 5.69 Å². The van der Waals surface area contributed by atoms with Gasteiger partial charge in [-0.2, -0.15) is 0 Å². The number of nitrogens with one attached hydrogen (secondary N) is 1. The van der Waals surface area contributed by atoms with E-state index in [2.05, 4.69) is 15.3 Å². The molecule has 2 heterocycles. The molecule has 19 heavy (non-hydrogen) atoms. The molecule has 1 unspecified atom stereocenters. The van der Waals surface area contributed by atoms with Gasteiger partial charge in [-0.05, 0) is 6.42 Å². The number of nitro groups is 1. The molecule has 1 atom stereocenters. The molecule has 1 N–H and O–H groups in total. The number of amides is 2. The van der Waals surface area contributed by atoms with E-state index in [0.29, 0.717) is 6.42 Å². The predicted molar refractivity (Wildman–Crippen MR) is 63.1 cm³/mol. The maximum atomic E-state index is 11.8. The van der Waals surface area contributed by atoms with Gasteiger partial charge in [-0.15, -0.1) is 0 Å². The van der Waals surface area contributed by atoms with Crippen molar-refractivity contribution in [3.05, 3.63) is 22.5 Å². The Morgan fingerprint density at radius 3 is 2.63 bits per heavy atom. The highest BCUT2D eigenvalue weighted by Crippen LogP contribution is 2.15. The summed E-state index contributed by atoms with van der Waals surface area (Å²) >= 11 is 0. The maximum Gasteiger partial charge on any atom is 0.305 e. The lowest BCUT2D eigenvalue weighted by molar-refractivity contribution is -0.385. The summed E-state index contributed by atoms with van der Waals surface area (Å²) in [6.45, 7) is 0. The van der Waals surface area contributed by atoms with E-state index in [0.717, 1.165) is 17.3 Å². The molecule has 1 aliphatic heterocycles. The Kier molecular flexibility index (Phi) is 3.36. The van der Waals surface area contributed by atoms with Crippen molar-refractivity contribution in [3.8, 4) is 0 Å². The molecule has 9 heteroatoms. The Balaban J connectivity index is 2.07. The first kappa shape index (κ1) is 12.9. The third kappa shape index (κ3) is 2.64. The number of nitrogens with zero attached hydrogens (tertiary/aromatic N) is 4. The maximum absolute atomic E-state index is 11.8. The minimum atomic E-state index is -0.609. The zero-order valence-electron chi connectivity index (χ0n) is 10.1. The number of carbonyl (C=O) groups is 2. The van der Waals surface area contributed by atoms with Gasteiger partial charge in [0.25, 0.3) is 5.91 Å². The molecule has 1 aromatic rings. The van der Waals surface area contributed by atoms with Gasteiger partial charge in [0.2, 0.25) is 11.9 Å². The number of piperidine rings is 1. The largest absolute Gasteiger partial charge is 0.342 e. The lowest BCUT2D eigenvalue weighted by Gasteiger charge is -2.27. The smallest absolute Gasteiger partial charge is 0.305 e. The van der Waals surface area contributed by atoms with Crippen molar-refractivity contribution >= 4 is 23.5 Å². The molecule has 0 saturated carbocycles. The fourth-order valence-corrected chi connectivity index (χ4v) is 1.70. The van der Waals surface area contributed by atoms with Crippen LogP contribution in [0.1, 0.15) is 12.8 Å². The zero-order chi connectivity index (χ0) is 14.0. The molecule has 2 amide bonds. The number of aromatic nitrogens is 2. The van der Waals surface area contributed by atoms with Crippen LogP contribution in [0.4, 0.5) is 11.6 Å². The molecule has 1 fully saturated rings. The van der Waals surface area contributed by atoms with Crippen LogP contribution in [0.3, 0.4) is 0 Å². The van der Waals surface area contributed by atoms with E-state index in [9.17, 15) is 19.7 Å². The van der Waals surface area contributed by atoms with E-state index in [-0.39, 0.29) is 29.9 Å².